The molecule has 0 atom stereocenters. The van der Waals surface area contributed by atoms with Gasteiger partial charge in [-0.2, -0.15) is 23.5 Å². The molecular weight excluding hydrogens is 312 g/mol. The summed E-state index contributed by atoms with van der Waals surface area (Å²) in [4.78, 5) is 22.5. The predicted octanol–water partition coefficient (Wildman–Crippen LogP) is 1.06. The van der Waals surface area contributed by atoms with E-state index in [1.807, 2.05) is 12.5 Å². The molecule has 6 nitrogen and oxygen atoms in total. The molecule has 0 aromatic heterocycles. The largest absolute Gasteiger partial charge is 0.361 e. The van der Waals surface area contributed by atoms with Crippen molar-refractivity contribution in [3.63, 3.8) is 0 Å². The van der Waals surface area contributed by atoms with Gasteiger partial charge in [-0.3, -0.25) is 9.59 Å². The fourth-order valence-electron chi connectivity index (χ4n) is 1.24. The molecule has 0 aliphatic carbocycles. The van der Waals surface area contributed by atoms with Gasteiger partial charge in [0.15, 0.2) is 0 Å². The summed E-state index contributed by atoms with van der Waals surface area (Å²) < 4.78 is 10.5. The molecule has 0 aliphatic rings. The first kappa shape index (κ1) is 20.6. The van der Waals surface area contributed by atoms with Crippen LogP contribution in [0.1, 0.15) is 19.3 Å². The van der Waals surface area contributed by atoms with Gasteiger partial charge in [0.2, 0.25) is 11.8 Å². The molecule has 0 rings (SSSR count). The molecule has 2 amide bonds. The summed E-state index contributed by atoms with van der Waals surface area (Å²) in [6.45, 7) is 1.50. The minimum atomic E-state index is 0.00792. The first-order valence-electron chi connectivity index (χ1n) is 6.87. The molecule has 0 spiro atoms. The van der Waals surface area contributed by atoms with E-state index in [2.05, 4.69) is 10.6 Å². The van der Waals surface area contributed by atoms with Crippen LogP contribution >= 0.6 is 23.5 Å². The molecule has 0 unspecified atom stereocenters. The van der Waals surface area contributed by atoms with Gasteiger partial charge in [0.05, 0.1) is 13.2 Å². The fourth-order valence-corrected chi connectivity index (χ4v) is 2.02. The third-order valence-electron chi connectivity index (χ3n) is 2.39. The van der Waals surface area contributed by atoms with E-state index in [0.29, 0.717) is 26.1 Å². The second kappa shape index (κ2) is 15.9. The molecule has 0 saturated carbocycles. The zero-order valence-corrected chi connectivity index (χ0v) is 14.4. The lowest BCUT2D eigenvalue weighted by Crippen LogP contribution is -2.27. The summed E-state index contributed by atoms with van der Waals surface area (Å²) in [6, 6.07) is 0. The van der Waals surface area contributed by atoms with E-state index in [4.69, 9.17) is 9.47 Å². The van der Waals surface area contributed by atoms with E-state index in [-0.39, 0.29) is 25.3 Å². The number of hydrogen-bond donors (Lipinski definition) is 2. The van der Waals surface area contributed by atoms with Crippen LogP contribution in [0.3, 0.4) is 0 Å². The molecule has 0 fully saturated rings. The van der Waals surface area contributed by atoms with Crippen molar-refractivity contribution < 1.29 is 19.1 Å². The summed E-state index contributed by atoms with van der Waals surface area (Å²) in [6.07, 6.45) is 5.69. The number of thioether (sulfide) groups is 2. The van der Waals surface area contributed by atoms with Crippen LogP contribution in [-0.2, 0) is 19.1 Å². The maximum Gasteiger partial charge on any atom is 0.222 e. The molecular formula is C13H26N2O4S2. The minimum Gasteiger partial charge on any atom is -0.361 e. The van der Waals surface area contributed by atoms with E-state index in [9.17, 15) is 9.59 Å². The van der Waals surface area contributed by atoms with Crippen LogP contribution in [0.2, 0.25) is 0 Å². The molecule has 0 heterocycles. The second-order valence-corrected chi connectivity index (χ2v) is 6.12. The average molecular weight is 338 g/mol. The topological polar surface area (TPSA) is 76.7 Å². The first-order chi connectivity index (χ1) is 10.2. The molecule has 2 N–H and O–H groups in total. The van der Waals surface area contributed by atoms with Gasteiger partial charge >= 0.3 is 0 Å². The molecule has 0 radical (unpaired) electrons. The van der Waals surface area contributed by atoms with Crippen molar-refractivity contribution in [1.29, 1.82) is 0 Å². The number of nitrogens with one attached hydrogen (secondary N) is 2. The molecule has 0 bridgehead atoms. The van der Waals surface area contributed by atoms with Gasteiger partial charge in [-0.1, -0.05) is 0 Å². The number of hydrogen-bond acceptors (Lipinski definition) is 6. The summed E-state index contributed by atoms with van der Waals surface area (Å²) in [5.41, 5.74) is 0. The Morgan fingerprint density at radius 1 is 0.857 bits per heavy atom. The Hall–Kier alpha value is -0.440. The highest BCUT2D eigenvalue weighted by molar-refractivity contribution is 7.98. The normalized spacial score (nSPS) is 10.4. The second-order valence-electron chi connectivity index (χ2n) is 4.14. The summed E-state index contributed by atoms with van der Waals surface area (Å²) in [7, 11) is 0. The highest BCUT2D eigenvalue weighted by Crippen LogP contribution is 1.95. The van der Waals surface area contributed by atoms with Crippen LogP contribution in [0.5, 0.6) is 0 Å². The van der Waals surface area contributed by atoms with Gasteiger partial charge in [0, 0.05) is 24.3 Å². The van der Waals surface area contributed by atoms with Gasteiger partial charge < -0.3 is 20.1 Å². The van der Waals surface area contributed by atoms with Crippen molar-refractivity contribution in [1.82, 2.24) is 10.6 Å². The van der Waals surface area contributed by atoms with Crippen molar-refractivity contribution in [3.8, 4) is 0 Å². The number of carbonyl (C=O) groups excluding carboxylic acids is 2. The first-order valence-corrected chi connectivity index (χ1v) is 9.66. The van der Waals surface area contributed by atoms with Crippen molar-refractivity contribution in [2.24, 2.45) is 0 Å². The fraction of sp³-hybridized carbons (Fsp3) is 0.846. The molecule has 0 aromatic rings. The highest BCUT2D eigenvalue weighted by Gasteiger charge is 2.00. The Balaban J connectivity index is 3.19. The maximum atomic E-state index is 11.2. The van der Waals surface area contributed by atoms with Gasteiger partial charge in [0.1, 0.15) is 13.5 Å². The predicted molar refractivity (Wildman–Crippen MR) is 88.5 cm³/mol. The van der Waals surface area contributed by atoms with Crippen LogP contribution in [0.15, 0.2) is 0 Å². The third kappa shape index (κ3) is 15.8. The number of carbonyl (C=O) groups is 2. The molecule has 0 saturated heterocycles. The molecule has 124 valence electrons. The van der Waals surface area contributed by atoms with Gasteiger partial charge in [-0.05, 0) is 18.9 Å². The SMILES string of the molecule is CSCCC(=O)NCOCCCOCNC(=O)CCSC. The van der Waals surface area contributed by atoms with E-state index in [1.165, 1.54) is 0 Å². The average Bonchev–Trinajstić information content (AvgIpc) is 2.49. The highest BCUT2D eigenvalue weighted by atomic mass is 32.2. The molecule has 0 aliphatic heterocycles. The summed E-state index contributed by atoms with van der Waals surface area (Å²) >= 11 is 3.28. The van der Waals surface area contributed by atoms with Crippen LogP contribution in [0, 0.1) is 0 Å². The third-order valence-corrected chi connectivity index (χ3v) is 3.61. The monoisotopic (exact) mass is 338 g/mol. The van der Waals surface area contributed by atoms with Crippen molar-refractivity contribution in [3.05, 3.63) is 0 Å². The van der Waals surface area contributed by atoms with Crippen LogP contribution in [0.4, 0.5) is 0 Å². The number of ether oxygens (including phenoxy) is 2. The summed E-state index contributed by atoms with van der Waals surface area (Å²) in [5, 5.41) is 5.36. The lowest BCUT2D eigenvalue weighted by Gasteiger charge is -2.08. The van der Waals surface area contributed by atoms with Crippen LogP contribution < -0.4 is 10.6 Å². The Morgan fingerprint density at radius 3 is 1.67 bits per heavy atom. The smallest absolute Gasteiger partial charge is 0.222 e. The lowest BCUT2D eigenvalue weighted by atomic mass is 10.4. The number of amides is 2. The Morgan fingerprint density at radius 2 is 1.29 bits per heavy atom. The summed E-state index contributed by atoms with van der Waals surface area (Å²) in [5.74, 6) is 1.66. The Labute approximate surface area is 135 Å². The Kier molecular flexibility index (Phi) is 15.6. The maximum absolute atomic E-state index is 11.2. The van der Waals surface area contributed by atoms with Gasteiger partial charge in [0.25, 0.3) is 0 Å². The van der Waals surface area contributed by atoms with Gasteiger partial charge in [-0.15, -0.1) is 0 Å². The van der Waals surface area contributed by atoms with Crippen molar-refractivity contribution in [2.75, 3.05) is 50.7 Å². The van der Waals surface area contributed by atoms with Crippen molar-refractivity contribution in [2.45, 2.75) is 19.3 Å². The van der Waals surface area contributed by atoms with Crippen molar-refractivity contribution >= 4 is 35.3 Å². The van der Waals surface area contributed by atoms with Crippen LogP contribution in [-0.4, -0.2) is 62.5 Å². The van der Waals surface area contributed by atoms with E-state index < -0.39 is 0 Å². The molecule has 21 heavy (non-hydrogen) atoms. The lowest BCUT2D eigenvalue weighted by molar-refractivity contribution is -0.122. The van der Waals surface area contributed by atoms with Crippen LogP contribution in [0.25, 0.3) is 0 Å². The zero-order valence-electron chi connectivity index (χ0n) is 12.8. The Bertz CT molecular complexity index is 255. The van der Waals surface area contributed by atoms with E-state index in [0.717, 1.165) is 17.9 Å². The quantitative estimate of drug-likeness (QED) is 0.364. The van der Waals surface area contributed by atoms with E-state index in [1.54, 1.807) is 23.5 Å². The molecule has 8 heteroatoms. The minimum absolute atomic E-state index is 0.00792. The molecule has 0 aromatic carbocycles. The standard InChI is InChI=1S/C13H26N2O4S2/c1-20-8-4-12(16)14-10-18-6-3-7-19-11-15-13(17)5-9-21-2/h3-11H2,1-2H3,(H,14,16)(H,15,17). The van der Waals surface area contributed by atoms with E-state index >= 15 is 0 Å². The zero-order chi connectivity index (χ0) is 15.8. The van der Waals surface area contributed by atoms with Gasteiger partial charge in [-0.25, -0.2) is 0 Å². The number of rotatable bonds is 14.